The predicted octanol–water partition coefficient (Wildman–Crippen LogP) is 2.97. The van der Waals surface area contributed by atoms with Crippen LogP contribution < -0.4 is 5.32 Å². The van der Waals surface area contributed by atoms with E-state index in [0.717, 1.165) is 32.5 Å². The van der Waals surface area contributed by atoms with Crippen molar-refractivity contribution in [3.63, 3.8) is 0 Å². The van der Waals surface area contributed by atoms with E-state index in [4.69, 9.17) is 11.6 Å². The first-order valence-corrected chi connectivity index (χ1v) is 8.36. The van der Waals surface area contributed by atoms with Gasteiger partial charge in [0.25, 0.3) is 0 Å². The van der Waals surface area contributed by atoms with E-state index in [1.165, 1.54) is 11.6 Å². The highest BCUT2D eigenvalue weighted by Gasteiger charge is 2.20. The quantitative estimate of drug-likeness (QED) is 0.911. The number of hydrogen-bond acceptors (Lipinski definition) is 3. The summed E-state index contributed by atoms with van der Waals surface area (Å²) >= 11 is 6.11. The van der Waals surface area contributed by atoms with E-state index in [0.29, 0.717) is 23.2 Å². The third-order valence-corrected chi connectivity index (χ3v) is 4.74. The largest absolute Gasteiger partial charge is 0.310 e. The summed E-state index contributed by atoms with van der Waals surface area (Å²) in [7, 11) is 1.93. The topological polar surface area (TPSA) is 33.1 Å². The second-order valence-electron chi connectivity index (χ2n) is 6.15. The zero-order chi connectivity index (χ0) is 16.2. The summed E-state index contributed by atoms with van der Waals surface area (Å²) in [6, 6.07) is 5.38. The fourth-order valence-electron chi connectivity index (χ4n) is 3.03. The molecule has 1 N–H and O–H groups in total. The van der Waals surface area contributed by atoms with Gasteiger partial charge in [-0.2, -0.15) is 5.10 Å². The Morgan fingerprint density at radius 1 is 1.35 bits per heavy atom. The van der Waals surface area contributed by atoms with E-state index in [1.54, 1.807) is 12.1 Å². The van der Waals surface area contributed by atoms with Gasteiger partial charge in [0.15, 0.2) is 0 Å². The van der Waals surface area contributed by atoms with E-state index in [2.05, 4.69) is 15.3 Å². The van der Waals surface area contributed by atoms with Gasteiger partial charge in [-0.05, 0) is 38.1 Å². The normalized spacial score (nSPS) is 16.8. The van der Waals surface area contributed by atoms with Crippen LogP contribution in [-0.4, -0.2) is 33.8 Å². The van der Waals surface area contributed by atoms with Crippen LogP contribution in [0.1, 0.15) is 24.0 Å². The van der Waals surface area contributed by atoms with Crippen molar-refractivity contribution in [2.24, 2.45) is 7.05 Å². The molecule has 0 radical (unpaired) electrons. The Bertz CT molecular complexity index is 630. The Labute approximate surface area is 141 Å². The first kappa shape index (κ1) is 16.4. The second kappa shape index (κ2) is 7.43. The molecule has 0 unspecified atom stereocenters. The third-order valence-electron chi connectivity index (χ3n) is 4.38. The summed E-state index contributed by atoms with van der Waals surface area (Å²) in [5.41, 5.74) is 1.81. The molecule has 0 atom stereocenters. The number of hydrogen-bond donors (Lipinski definition) is 1. The predicted molar refractivity (Wildman–Crippen MR) is 89.8 cm³/mol. The van der Waals surface area contributed by atoms with Gasteiger partial charge in [0.05, 0.1) is 6.20 Å². The average Bonchev–Trinajstić information content (AvgIpc) is 2.96. The van der Waals surface area contributed by atoms with Gasteiger partial charge in [0.2, 0.25) is 0 Å². The standard InChI is InChI=1S/C17H22ClFN4/c1-22-11-13(10-21-22)9-20-14-5-7-23(8-6-14)12-15-16(18)3-2-4-17(15)19/h2-4,10-11,14,20H,5-9,12H2,1H3. The lowest BCUT2D eigenvalue weighted by Crippen LogP contribution is -2.42. The highest BCUT2D eigenvalue weighted by molar-refractivity contribution is 6.31. The molecule has 1 aliphatic rings. The minimum atomic E-state index is -0.214. The Balaban J connectivity index is 1.47. The molecule has 2 aromatic rings. The Morgan fingerprint density at radius 3 is 2.78 bits per heavy atom. The molecule has 0 spiro atoms. The van der Waals surface area contributed by atoms with E-state index < -0.39 is 0 Å². The smallest absolute Gasteiger partial charge is 0.129 e. The zero-order valence-corrected chi connectivity index (χ0v) is 14.1. The fraction of sp³-hybridized carbons (Fsp3) is 0.471. The summed E-state index contributed by atoms with van der Waals surface area (Å²) in [5.74, 6) is -0.214. The molecule has 124 valence electrons. The van der Waals surface area contributed by atoms with Crippen LogP contribution in [0, 0.1) is 5.82 Å². The van der Waals surface area contributed by atoms with Crippen LogP contribution in [-0.2, 0) is 20.1 Å². The SMILES string of the molecule is Cn1cc(CNC2CCN(Cc3c(F)cccc3Cl)CC2)cn1. The van der Waals surface area contributed by atoms with Gasteiger partial charge in [0.1, 0.15) is 5.82 Å². The molecule has 23 heavy (non-hydrogen) atoms. The molecule has 1 saturated heterocycles. The number of benzene rings is 1. The third kappa shape index (κ3) is 4.31. The van der Waals surface area contributed by atoms with Crippen molar-refractivity contribution >= 4 is 11.6 Å². The lowest BCUT2D eigenvalue weighted by atomic mass is 10.0. The van der Waals surface area contributed by atoms with Gasteiger partial charge in [-0.25, -0.2) is 4.39 Å². The zero-order valence-electron chi connectivity index (χ0n) is 13.3. The van der Waals surface area contributed by atoms with Crippen LogP contribution in [0.15, 0.2) is 30.6 Å². The van der Waals surface area contributed by atoms with Gasteiger partial charge in [0, 0.05) is 48.5 Å². The first-order valence-electron chi connectivity index (χ1n) is 7.98. The van der Waals surface area contributed by atoms with E-state index in [1.807, 2.05) is 24.1 Å². The van der Waals surface area contributed by atoms with Crippen molar-refractivity contribution in [1.82, 2.24) is 20.0 Å². The van der Waals surface area contributed by atoms with Crippen LogP contribution in [0.3, 0.4) is 0 Å². The van der Waals surface area contributed by atoms with Crippen molar-refractivity contribution < 1.29 is 4.39 Å². The number of aryl methyl sites for hydroxylation is 1. The molecule has 1 aromatic carbocycles. The van der Waals surface area contributed by atoms with Crippen LogP contribution in [0.2, 0.25) is 5.02 Å². The molecule has 0 aliphatic carbocycles. The summed E-state index contributed by atoms with van der Waals surface area (Å²) in [5, 5.41) is 8.27. The van der Waals surface area contributed by atoms with Crippen molar-refractivity contribution in [1.29, 1.82) is 0 Å². The summed E-state index contributed by atoms with van der Waals surface area (Å²) in [6.45, 7) is 3.34. The summed E-state index contributed by atoms with van der Waals surface area (Å²) < 4.78 is 15.7. The molecule has 1 aliphatic heterocycles. The van der Waals surface area contributed by atoms with Crippen molar-refractivity contribution in [3.8, 4) is 0 Å². The fourth-order valence-corrected chi connectivity index (χ4v) is 3.25. The maximum Gasteiger partial charge on any atom is 0.129 e. The average molecular weight is 337 g/mol. The molecule has 2 heterocycles. The molecule has 0 bridgehead atoms. The monoisotopic (exact) mass is 336 g/mol. The second-order valence-corrected chi connectivity index (χ2v) is 6.56. The maximum atomic E-state index is 13.9. The minimum absolute atomic E-state index is 0.214. The lowest BCUT2D eigenvalue weighted by Gasteiger charge is -2.32. The molecular formula is C17H22ClFN4. The van der Waals surface area contributed by atoms with Gasteiger partial charge in [-0.3, -0.25) is 9.58 Å². The van der Waals surface area contributed by atoms with Crippen molar-refractivity contribution in [3.05, 3.63) is 52.6 Å². The number of likely N-dealkylation sites (tertiary alicyclic amines) is 1. The Morgan fingerprint density at radius 2 is 2.13 bits per heavy atom. The van der Waals surface area contributed by atoms with Gasteiger partial charge < -0.3 is 5.32 Å². The summed E-state index contributed by atoms with van der Waals surface area (Å²) in [6.07, 6.45) is 6.04. The number of halogens is 2. The van der Waals surface area contributed by atoms with Crippen LogP contribution in [0.25, 0.3) is 0 Å². The number of rotatable bonds is 5. The number of nitrogens with one attached hydrogen (secondary N) is 1. The van der Waals surface area contributed by atoms with Crippen LogP contribution in [0.4, 0.5) is 4.39 Å². The summed E-state index contributed by atoms with van der Waals surface area (Å²) in [4.78, 5) is 2.27. The van der Waals surface area contributed by atoms with Crippen molar-refractivity contribution in [2.45, 2.75) is 32.0 Å². The van der Waals surface area contributed by atoms with Gasteiger partial charge >= 0.3 is 0 Å². The molecule has 0 saturated carbocycles. The van der Waals surface area contributed by atoms with Gasteiger partial charge in [-0.1, -0.05) is 17.7 Å². The first-order chi connectivity index (χ1) is 11.1. The molecule has 6 heteroatoms. The minimum Gasteiger partial charge on any atom is -0.310 e. The molecule has 3 rings (SSSR count). The molecule has 1 fully saturated rings. The highest BCUT2D eigenvalue weighted by atomic mass is 35.5. The Kier molecular flexibility index (Phi) is 5.30. The highest BCUT2D eigenvalue weighted by Crippen LogP contribution is 2.22. The number of piperidine rings is 1. The van der Waals surface area contributed by atoms with E-state index >= 15 is 0 Å². The van der Waals surface area contributed by atoms with E-state index in [9.17, 15) is 4.39 Å². The van der Waals surface area contributed by atoms with E-state index in [-0.39, 0.29) is 5.82 Å². The molecule has 4 nitrogen and oxygen atoms in total. The molecule has 1 aromatic heterocycles. The maximum absolute atomic E-state index is 13.9. The molecule has 0 amide bonds. The number of nitrogens with zero attached hydrogens (tertiary/aromatic N) is 3. The Hall–Kier alpha value is -1.43. The number of aromatic nitrogens is 2. The van der Waals surface area contributed by atoms with Crippen LogP contribution in [0.5, 0.6) is 0 Å². The lowest BCUT2D eigenvalue weighted by molar-refractivity contribution is 0.188. The molecular weight excluding hydrogens is 315 g/mol. The van der Waals surface area contributed by atoms with Crippen molar-refractivity contribution in [2.75, 3.05) is 13.1 Å². The van der Waals surface area contributed by atoms with Crippen LogP contribution >= 0.6 is 11.6 Å². The van der Waals surface area contributed by atoms with Gasteiger partial charge in [-0.15, -0.1) is 0 Å².